The third kappa shape index (κ3) is 5.06. The number of rotatable bonds is 0. The van der Waals surface area contributed by atoms with Crippen molar-refractivity contribution in [3.63, 3.8) is 0 Å². The van der Waals surface area contributed by atoms with Gasteiger partial charge in [0.05, 0.1) is 4.24 Å². The Kier molecular flexibility index (Phi) is 9.57. The second kappa shape index (κ2) is 6.45. The molecule has 1 aliphatic heterocycles. The van der Waals surface area contributed by atoms with Crippen molar-refractivity contribution in [3.05, 3.63) is 10.4 Å². The second-order valence-electron chi connectivity index (χ2n) is 0.976. The minimum absolute atomic E-state index is 0. The Bertz CT molecular complexity index is 108. The van der Waals surface area contributed by atoms with E-state index >= 15 is 0 Å². The number of hydrogen-bond acceptors (Lipinski definition) is 5. The predicted molar refractivity (Wildman–Crippen MR) is 50.1 cm³/mol. The first-order chi connectivity index (χ1) is 3.29. The summed E-state index contributed by atoms with van der Waals surface area (Å²) in [6.45, 7) is 0. The van der Waals surface area contributed by atoms with Crippen molar-refractivity contribution in [2.75, 3.05) is 0 Å². The van der Waals surface area contributed by atoms with Crippen LogP contribution in [0.25, 0.3) is 0 Å². The molecule has 0 aromatic heterocycles. The van der Waals surface area contributed by atoms with Crippen molar-refractivity contribution < 1.29 is 0 Å². The molecule has 1 N–H and O–H groups in total. The van der Waals surface area contributed by atoms with E-state index in [0.29, 0.717) is 0 Å². The minimum atomic E-state index is 0. The number of hydrazine groups is 1. The zero-order chi connectivity index (χ0) is 5.28. The molecule has 9 heavy (non-hydrogen) atoms. The Labute approximate surface area is 94.0 Å². The summed E-state index contributed by atoms with van der Waals surface area (Å²) in [6, 6.07) is 0. The first kappa shape index (κ1) is 13.3. The quantitative estimate of drug-likeness (QED) is 0.272. The molecule has 0 amide bonds. The van der Waals surface area contributed by atoms with E-state index in [1.165, 1.54) is 11.9 Å². The van der Waals surface area contributed by atoms with Crippen LogP contribution in [0.15, 0.2) is 10.4 Å². The SMILES string of the molecule is SC1=CNN(S)S1.[Li].[Li]. The standard InChI is InChI=1S/C2H4N2S3.2Li/c5-2-1-3-4(6)7-2;;/h1,3,5-6H;;. The van der Waals surface area contributed by atoms with Crippen LogP contribution >= 0.6 is 37.4 Å². The molecule has 0 saturated carbocycles. The summed E-state index contributed by atoms with van der Waals surface area (Å²) in [7, 11) is 0. The fraction of sp³-hybridized carbons (Fsp3) is 0. The van der Waals surface area contributed by atoms with Crippen molar-refractivity contribution >= 4 is 75.1 Å². The fourth-order valence-electron chi connectivity index (χ4n) is 0.252. The van der Waals surface area contributed by atoms with E-state index in [0.717, 1.165) is 4.24 Å². The van der Waals surface area contributed by atoms with Gasteiger partial charge in [0.15, 0.2) is 0 Å². The monoisotopic (exact) mass is 166 g/mol. The van der Waals surface area contributed by atoms with E-state index in [1.807, 2.05) is 0 Å². The van der Waals surface area contributed by atoms with Crippen LogP contribution in [0.1, 0.15) is 0 Å². The van der Waals surface area contributed by atoms with E-state index < -0.39 is 0 Å². The normalized spacial score (nSPS) is 16.9. The Balaban J connectivity index is 0. The van der Waals surface area contributed by atoms with Gasteiger partial charge >= 0.3 is 0 Å². The van der Waals surface area contributed by atoms with Crippen LogP contribution in [-0.2, 0) is 0 Å². The van der Waals surface area contributed by atoms with E-state index in [-0.39, 0.29) is 37.7 Å². The van der Waals surface area contributed by atoms with Crippen LogP contribution in [0.2, 0.25) is 0 Å². The van der Waals surface area contributed by atoms with Gasteiger partial charge in [-0.25, -0.2) is 0 Å². The van der Waals surface area contributed by atoms with Gasteiger partial charge in [-0.05, 0) is 11.9 Å². The zero-order valence-corrected chi connectivity index (χ0v) is 7.93. The Morgan fingerprint density at radius 3 is 2.22 bits per heavy atom. The Hall–Kier alpha value is 1.74. The summed E-state index contributed by atoms with van der Waals surface area (Å²) in [5, 5.41) is 0. The van der Waals surface area contributed by atoms with Crippen molar-refractivity contribution in [1.29, 1.82) is 0 Å². The molecule has 1 rings (SSSR count). The van der Waals surface area contributed by atoms with Gasteiger partial charge in [0.2, 0.25) is 0 Å². The molecule has 0 spiro atoms. The maximum absolute atomic E-state index is 4.02. The van der Waals surface area contributed by atoms with Crippen molar-refractivity contribution in [2.24, 2.45) is 0 Å². The van der Waals surface area contributed by atoms with E-state index in [9.17, 15) is 0 Å². The number of nitrogens with zero attached hydrogens (tertiary/aromatic N) is 1. The van der Waals surface area contributed by atoms with Crippen LogP contribution in [0.4, 0.5) is 0 Å². The summed E-state index contributed by atoms with van der Waals surface area (Å²) in [6.07, 6.45) is 1.76. The summed E-state index contributed by atoms with van der Waals surface area (Å²) in [5.41, 5.74) is 2.79. The van der Waals surface area contributed by atoms with E-state index in [1.54, 1.807) is 10.0 Å². The average Bonchev–Trinajstić information content (AvgIpc) is 1.87. The number of thiol groups is 2. The average molecular weight is 166 g/mol. The Morgan fingerprint density at radius 1 is 1.56 bits per heavy atom. The predicted octanol–water partition coefficient (Wildman–Crippen LogP) is 0.267. The molecule has 1 heterocycles. The molecule has 0 fully saturated rings. The zero-order valence-electron chi connectivity index (χ0n) is 5.33. The van der Waals surface area contributed by atoms with Crippen LogP contribution in [0, 0.1) is 0 Å². The molecular formula is C2H4Li2N2S3. The van der Waals surface area contributed by atoms with Gasteiger partial charge in [0.25, 0.3) is 0 Å². The maximum Gasteiger partial charge on any atom is 0.0726 e. The third-order valence-electron chi connectivity index (χ3n) is 0.478. The maximum atomic E-state index is 4.02. The molecule has 2 radical (unpaired) electrons. The first-order valence-corrected chi connectivity index (χ1v) is 3.23. The smallest absolute Gasteiger partial charge is 0.0726 e. The minimum Gasteiger partial charge on any atom is -0.305 e. The Morgan fingerprint density at radius 2 is 2.11 bits per heavy atom. The van der Waals surface area contributed by atoms with Gasteiger partial charge in [-0.2, -0.15) is 0 Å². The summed E-state index contributed by atoms with van der Waals surface area (Å²) in [4.78, 5) is 0. The molecule has 0 aliphatic carbocycles. The molecule has 1 aliphatic rings. The molecular weight excluding hydrogens is 162 g/mol. The van der Waals surface area contributed by atoms with Crippen LogP contribution in [0.5, 0.6) is 0 Å². The van der Waals surface area contributed by atoms with Gasteiger partial charge in [0.1, 0.15) is 0 Å². The topological polar surface area (TPSA) is 15.3 Å². The van der Waals surface area contributed by atoms with E-state index in [2.05, 4.69) is 30.9 Å². The molecule has 0 atom stereocenters. The molecule has 2 nitrogen and oxygen atoms in total. The summed E-state index contributed by atoms with van der Waals surface area (Å²) >= 11 is 9.39. The van der Waals surface area contributed by atoms with Crippen molar-refractivity contribution in [2.45, 2.75) is 0 Å². The fourth-order valence-corrected chi connectivity index (χ4v) is 1.46. The summed E-state index contributed by atoms with van der Waals surface area (Å²) < 4.78 is 2.50. The van der Waals surface area contributed by atoms with Crippen LogP contribution < -0.4 is 5.43 Å². The van der Waals surface area contributed by atoms with Crippen molar-refractivity contribution in [3.8, 4) is 0 Å². The molecule has 7 heteroatoms. The number of nitrogens with one attached hydrogen (secondary N) is 1. The third-order valence-corrected chi connectivity index (χ3v) is 1.80. The van der Waals surface area contributed by atoms with Gasteiger partial charge in [-0.15, -0.1) is 16.4 Å². The second-order valence-corrected chi connectivity index (χ2v) is 3.42. The molecule has 0 unspecified atom stereocenters. The molecule has 42 valence electrons. The van der Waals surface area contributed by atoms with Gasteiger partial charge in [0, 0.05) is 43.9 Å². The molecule has 0 bridgehead atoms. The van der Waals surface area contributed by atoms with Gasteiger partial charge < -0.3 is 5.43 Å². The van der Waals surface area contributed by atoms with Crippen molar-refractivity contribution in [1.82, 2.24) is 9.25 Å². The van der Waals surface area contributed by atoms with Crippen LogP contribution in [-0.4, -0.2) is 41.5 Å². The molecule has 0 saturated heterocycles. The molecule has 0 aromatic rings. The molecule has 0 aromatic carbocycles. The van der Waals surface area contributed by atoms with Gasteiger partial charge in [-0.1, -0.05) is 12.8 Å². The van der Waals surface area contributed by atoms with Crippen LogP contribution in [0.3, 0.4) is 0 Å². The first-order valence-electron chi connectivity index (χ1n) is 1.61. The van der Waals surface area contributed by atoms with E-state index in [4.69, 9.17) is 0 Å². The largest absolute Gasteiger partial charge is 0.305 e. The summed E-state index contributed by atoms with van der Waals surface area (Å²) in [5.74, 6) is 0. The number of hydrogen-bond donors (Lipinski definition) is 3. The van der Waals surface area contributed by atoms with Gasteiger partial charge in [-0.3, -0.25) is 0 Å².